The first kappa shape index (κ1) is 13.8. The van der Waals surface area contributed by atoms with Crippen molar-refractivity contribution in [1.29, 1.82) is 0 Å². The second kappa shape index (κ2) is 4.97. The fourth-order valence-corrected chi connectivity index (χ4v) is 2.34. The Balaban J connectivity index is 1.78. The van der Waals surface area contributed by atoms with Gasteiger partial charge in [0, 0.05) is 6.54 Å². The molecule has 21 heavy (non-hydrogen) atoms. The molecule has 0 aliphatic carbocycles. The Kier molecular flexibility index (Phi) is 3.26. The van der Waals surface area contributed by atoms with Gasteiger partial charge in [-0.2, -0.15) is 18.3 Å². The molecule has 1 aliphatic rings. The van der Waals surface area contributed by atoms with Gasteiger partial charge in [-0.1, -0.05) is 0 Å². The van der Waals surface area contributed by atoms with E-state index in [1.165, 1.54) is 6.07 Å². The maximum Gasteiger partial charge on any atom is 0.435 e. The molecule has 6 nitrogen and oxygen atoms in total. The normalized spacial score (nSPS) is 18.4. The topological polar surface area (TPSA) is 68.5 Å². The summed E-state index contributed by atoms with van der Waals surface area (Å²) < 4.78 is 39.1. The summed E-state index contributed by atoms with van der Waals surface area (Å²) in [6.07, 6.45) is -2.74. The van der Waals surface area contributed by atoms with Crippen molar-refractivity contribution in [2.24, 2.45) is 0 Å². The van der Waals surface area contributed by atoms with Gasteiger partial charge >= 0.3 is 6.18 Å². The third-order valence-corrected chi connectivity index (χ3v) is 3.26. The van der Waals surface area contributed by atoms with Crippen LogP contribution in [0.2, 0.25) is 0 Å². The van der Waals surface area contributed by atoms with Crippen LogP contribution < -0.4 is 5.32 Å². The van der Waals surface area contributed by atoms with Crippen molar-refractivity contribution < 1.29 is 13.2 Å². The van der Waals surface area contributed by atoms with Gasteiger partial charge in [-0.3, -0.25) is 0 Å². The van der Waals surface area contributed by atoms with Crippen LogP contribution in [-0.2, 0) is 12.7 Å². The lowest BCUT2D eigenvalue weighted by Crippen LogP contribution is -2.23. The maximum absolute atomic E-state index is 12.4. The summed E-state index contributed by atoms with van der Waals surface area (Å²) in [5.74, 6) is 1.75. The number of aromatic nitrogens is 5. The number of fused-ring (bicyclic) bond motifs is 1. The van der Waals surface area contributed by atoms with Crippen LogP contribution in [0.4, 0.5) is 19.0 Å². The van der Waals surface area contributed by atoms with Crippen molar-refractivity contribution >= 4 is 5.82 Å². The van der Waals surface area contributed by atoms with E-state index in [0.29, 0.717) is 11.6 Å². The number of aryl methyl sites for hydroxylation is 2. The van der Waals surface area contributed by atoms with E-state index in [1.807, 2.05) is 4.68 Å². The molecule has 2 aromatic rings. The average Bonchev–Trinajstić information content (AvgIpc) is 2.80. The van der Waals surface area contributed by atoms with Crippen LogP contribution in [0.5, 0.6) is 0 Å². The number of alkyl halides is 3. The van der Waals surface area contributed by atoms with E-state index in [0.717, 1.165) is 31.3 Å². The van der Waals surface area contributed by atoms with Crippen LogP contribution >= 0.6 is 0 Å². The molecule has 1 N–H and O–H groups in total. The highest BCUT2D eigenvalue weighted by Gasteiger charge is 2.33. The molecule has 9 heteroatoms. The maximum atomic E-state index is 12.4. The summed E-state index contributed by atoms with van der Waals surface area (Å²) in [7, 11) is 0. The third kappa shape index (κ3) is 2.81. The number of anilines is 1. The zero-order chi connectivity index (χ0) is 15.0. The first-order chi connectivity index (χ1) is 9.93. The Labute approximate surface area is 118 Å². The second-order valence-electron chi connectivity index (χ2n) is 4.88. The van der Waals surface area contributed by atoms with Gasteiger partial charge in [0.05, 0.1) is 6.04 Å². The van der Waals surface area contributed by atoms with E-state index < -0.39 is 11.9 Å². The van der Waals surface area contributed by atoms with Crippen molar-refractivity contribution in [3.63, 3.8) is 0 Å². The minimum atomic E-state index is -4.48. The lowest BCUT2D eigenvalue weighted by atomic mass is 10.1. The van der Waals surface area contributed by atoms with Gasteiger partial charge in [0.25, 0.3) is 0 Å². The molecule has 1 aliphatic heterocycles. The van der Waals surface area contributed by atoms with Crippen LogP contribution in [0.1, 0.15) is 36.2 Å². The molecule has 112 valence electrons. The molecule has 0 spiro atoms. The monoisotopic (exact) mass is 298 g/mol. The molecule has 0 radical (unpaired) electrons. The summed E-state index contributed by atoms with van der Waals surface area (Å²) in [5.41, 5.74) is -1.00. The zero-order valence-corrected chi connectivity index (χ0v) is 11.2. The van der Waals surface area contributed by atoms with E-state index in [1.54, 1.807) is 6.92 Å². The summed E-state index contributed by atoms with van der Waals surface area (Å²) in [6.45, 7) is 2.60. The second-order valence-corrected chi connectivity index (χ2v) is 4.88. The number of hydrogen-bond acceptors (Lipinski definition) is 5. The van der Waals surface area contributed by atoms with Crippen molar-refractivity contribution in [1.82, 2.24) is 25.0 Å². The largest absolute Gasteiger partial charge is 0.435 e. The molecule has 2 aromatic heterocycles. The summed E-state index contributed by atoms with van der Waals surface area (Å²) in [4.78, 5) is 4.35. The van der Waals surface area contributed by atoms with Gasteiger partial charge in [-0.15, -0.1) is 10.2 Å². The van der Waals surface area contributed by atoms with Crippen molar-refractivity contribution in [2.75, 3.05) is 5.32 Å². The molecule has 0 amide bonds. The molecule has 0 bridgehead atoms. The SMILES string of the molecule is Cc1nc2n(n1)CCCC2Nc1ccc(C(F)(F)F)nn1. The van der Waals surface area contributed by atoms with Crippen LogP contribution in [0.15, 0.2) is 12.1 Å². The minimum Gasteiger partial charge on any atom is -0.359 e. The summed E-state index contributed by atoms with van der Waals surface area (Å²) in [6, 6.07) is 2.07. The lowest BCUT2D eigenvalue weighted by Gasteiger charge is -2.23. The predicted molar refractivity (Wildman–Crippen MR) is 67.4 cm³/mol. The van der Waals surface area contributed by atoms with E-state index in [2.05, 4.69) is 25.6 Å². The van der Waals surface area contributed by atoms with Gasteiger partial charge in [-0.05, 0) is 31.9 Å². The first-order valence-corrected chi connectivity index (χ1v) is 6.52. The Bertz CT molecular complexity index is 633. The molecule has 1 unspecified atom stereocenters. The van der Waals surface area contributed by atoms with Gasteiger partial charge in [0.2, 0.25) is 0 Å². The minimum absolute atomic E-state index is 0.119. The quantitative estimate of drug-likeness (QED) is 0.921. The summed E-state index contributed by atoms with van der Waals surface area (Å²) >= 11 is 0. The molecular weight excluding hydrogens is 285 g/mol. The average molecular weight is 298 g/mol. The summed E-state index contributed by atoms with van der Waals surface area (Å²) in [5, 5.41) is 14.1. The number of hydrogen-bond donors (Lipinski definition) is 1. The number of halogens is 3. The Morgan fingerprint density at radius 1 is 1.29 bits per heavy atom. The number of nitrogens with one attached hydrogen (secondary N) is 1. The van der Waals surface area contributed by atoms with Gasteiger partial charge in [-0.25, -0.2) is 9.67 Å². The third-order valence-electron chi connectivity index (χ3n) is 3.26. The highest BCUT2D eigenvalue weighted by Crippen LogP contribution is 2.29. The number of nitrogens with zero attached hydrogens (tertiary/aromatic N) is 5. The number of rotatable bonds is 2. The van der Waals surface area contributed by atoms with Crippen LogP contribution in [-0.4, -0.2) is 25.0 Å². The highest BCUT2D eigenvalue weighted by molar-refractivity contribution is 5.36. The van der Waals surface area contributed by atoms with Crippen molar-refractivity contribution in [3.8, 4) is 0 Å². The molecule has 1 atom stereocenters. The fourth-order valence-electron chi connectivity index (χ4n) is 2.34. The molecule has 0 saturated heterocycles. The zero-order valence-electron chi connectivity index (χ0n) is 11.2. The van der Waals surface area contributed by atoms with Gasteiger partial charge in [0.1, 0.15) is 17.5 Å². The van der Waals surface area contributed by atoms with E-state index in [-0.39, 0.29) is 6.04 Å². The van der Waals surface area contributed by atoms with Crippen molar-refractivity contribution in [3.05, 3.63) is 29.5 Å². The van der Waals surface area contributed by atoms with Crippen molar-refractivity contribution in [2.45, 2.75) is 38.5 Å². The highest BCUT2D eigenvalue weighted by atomic mass is 19.4. The molecule has 0 aromatic carbocycles. The Morgan fingerprint density at radius 2 is 2.10 bits per heavy atom. The molecule has 3 heterocycles. The molecular formula is C12H13F3N6. The van der Waals surface area contributed by atoms with E-state index >= 15 is 0 Å². The van der Waals surface area contributed by atoms with E-state index in [4.69, 9.17) is 0 Å². The smallest absolute Gasteiger partial charge is 0.359 e. The predicted octanol–water partition coefficient (Wildman–Crippen LogP) is 2.34. The van der Waals surface area contributed by atoms with E-state index in [9.17, 15) is 13.2 Å². The van der Waals surface area contributed by atoms with Crippen LogP contribution in [0.25, 0.3) is 0 Å². The van der Waals surface area contributed by atoms with Crippen LogP contribution in [0, 0.1) is 6.92 Å². The molecule has 0 saturated carbocycles. The first-order valence-electron chi connectivity index (χ1n) is 6.52. The molecule has 3 rings (SSSR count). The van der Waals surface area contributed by atoms with Gasteiger partial charge in [0.15, 0.2) is 5.69 Å². The molecule has 0 fully saturated rings. The lowest BCUT2D eigenvalue weighted by molar-refractivity contribution is -0.141. The van der Waals surface area contributed by atoms with Crippen LogP contribution in [0.3, 0.4) is 0 Å². The van der Waals surface area contributed by atoms with Gasteiger partial charge < -0.3 is 5.32 Å². The fraction of sp³-hybridized carbons (Fsp3) is 0.500. The standard InChI is InChI=1S/C12H13F3N6/c1-7-16-11-8(3-2-6-21(11)20-7)17-10-5-4-9(18-19-10)12(13,14)15/h4-5,8H,2-3,6H2,1H3,(H,17,19). The Morgan fingerprint density at radius 3 is 2.76 bits per heavy atom. The Hall–Kier alpha value is -2.19.